The summed E-state index contributed by atoms with van der Waals surface area (Å²) >= 11 is 0. The van der Waals surface area contributed by atoms with Gasteiger partial charge in [0.15, 0.2) is 6.29 Å². The summed E-state index contributed by atoms with van der Waals surface area (Å²) < 4.78 is 0. The topological polar surface area (TPSA) is 80.9 Å². The van der Waals surface area contributed by atoms with E-state index in [1.807, 2.05) is 0 Å². The smallest absolute Gasteiger partial charge is 0.151 e. The Kier molecular flexibility index (Phi) is 17.1. The van der Waals surface area contributed by atoms with Crippen molar-refractivity contribution in [3.63, 3.8) is 0 Å². The molecule has 4 heteroatoms. The second kappa shape index (κ2) is 17.2. The van der Waals surface area contributed by atoms with Crippen LogP contribution in [0, 0.1) is 5.92 Å². The third-order valence-corrected chi connectivity index (χ3v) is 4.38. The standard InChI is InChI=1S/C18H38O4/c19-15-10-6-2-4-8-12-17(14-16-20)11-7-3-1-5-9-13-18(21)22/h17-22H,1-16H2. The van der Waals surface area contributed by atoms with Crippen molar-refractivity contribution >= 4 is 0 Å². The third kappa shape index (κ3) is 16.2. The van der Waals surface area contributed by atoms with E-state index in [1.165, 1.54) is 51.4 Å². The Bertz CT molecular complexity index is 209. The number of hydrogen-bond donors (Lipinski definition) is 4. The monoisotopic (exact) mass is 318 g/mol. The summed E-state index contributed by atoms with van der Waals surface area (Å²) in [4.78, 5) is 0. The summed E-state index contributed by atoms with van der Waals surface area (Å²) in [6, 6.07) is 0. The molecule has 0 bridgehead atoms. The Morgan fingerprint density at radius 2 is 0.909 bits per heavy atom. The molecule has 0 aromatic heterocycles. The fraction of sp³-hybridized carbons (Fsp3) is 1.00. The minimum Gasteiger partial charge on any atom is -0.396 e. The molecule has 0 aliphatic rings. The zero-order valence-electron chi connectivity index (χ0n) is 14.3. The van der Waals surface area contributed by atoms with E-state index in [-0.39, 0.29) is 0 Å². The average Bonchev–Trinajstić information content (AvgIpc) is 2.49. The zero-order chi connectivity index (χ0) is 16.5. The van der Waals surface area contributed by atoms with Gasteiger partial charge in [-0.25, -0.2) is 0 Å². The minimum absolute atomic E-state index is 0.295. The first kappa shape index (κ1) is 21.8. The molecule has 22 heavy (non-hydrogen) atoms. The van der Waals surface area contributed by atoms with Crippen LogP contribution in [-0.4, -0.2) is 39.9 Å². The molecule has 0 aromatic rings. The molecule has 0 saturated carbocycles. The van der Waals surface area contributed by atoms with Gasteiger partial charge in [-0.3, -0.25) is 0 Å². The highest BCUT2D eigenvalue weighted by atomic mass is 16.5. The SMILES string of the molecule is OCCCCCCCC(CCO)CCCCCCCC(O)O. The Morgan fingerprint density at radius 1 is 0.455 bits per heavy atom. The summed E-state index contributed by atoms with van der Waals surface area (Å²) in [5, 5.41) is 35.4. The van der Waals surface area contributed by atoms with Crippen molar-refractivity contribution in [1.29, 1.82) is 0 Å². The van der Waals surface area contributed by atoms with Gasteiger partial charge < -0.3 is 20.4 Å². The van der Waals surface area contributed by atoms with Crippen LogP contribution in [0.2, 0.25) is 0 Å². The number of aliphatic hydroxyl groups is 4. The fourth-order valence-electron chi connectivity index (χ4n) is 2.98. The molecule has 0 aromatic carbocycles. The quantitative estimate of drug-likeness (QED) is 0.245. The summed E-state index contributed by atoms with van der Waals surface area (Å²) in [7, 11) is 0. The Morgan fingerprint density at radius 3 is 1.36 bits per heavy atom. The maximum atomic E-state index is 9.16. The molecule has 0 spiro atoms. The highest BCUT2D eigenvalue weighted by molar-refractivity contribution is 4.61. The van der Waals surface area contributed by atoms with Crippen molar-refractivity contribution in [2.24, 2.45) is 5.92 Å². The van der Waals surface area contributed by atoms with Crippen molar-refractivity contribution in [3.05, 3.63) is 0 Å². The summed E-state index contributed by atoms with van der Waals surface area (Å²) in [5.74, 6) is 0.655. The molecule has 4 N–H and O–H groups in total. The molecule has 0 rings (SSSR count). The van der Waals surface area contributed by atoms with Gasteiger partial charge in [-0.15, -0.1) is 0 Å². The minimum atomic E-state index is -1.15. The maximum absolute atomic E-state index is 9.16. The number of aliphatic hydroxyl groups excluding tert-OH is 3. The zero-order valence-corrected chi connectivity index (χ0v) is 14.3. The lowest BCUT2D eigenvalue weighted by atomic mass is 9.92. The van der Waals surface area contributed by atoms with E-state index >= 15 is 0 Å². The van der Waals surface area contributed by atoms with Crippen LogP contribution >= 0.6 is 0 Å². The van der Waals surface area contributed by atoms with Gasteiger partial charge in [0.1, 0.15) is 0 Å². The van der Waals surface area contributed by atoms with Crippen LogP contribution in [0.25, 0.3) is 0 Å². The van der Waals surface area contributed by atoms with Crippen molar-refractivity contribution in [2.45, 2.75) is 96.2 Å². The summed E-state index contributed by atoms with van der Waals surface area (Å²) in [6.07, 6.45) is 14.0. The summed E-state index contributed by atoms with van der Waals surface area (Å²) in [6.45, 7) is 0.605. The van der Waals surface area contributed by atoms with Crippen LogP contribution in [0.15, 0.2) is 0 Å². The number of rotatable bonds is 17. The van der Waals surface area contributed by atoms with E-state index in [9.17, 15) is 0 Å². The molecular weight excluding hydrogens is 280 g/mol. The highest BCUT2D eigenvalue weighted by Gasteiger charge is 2.08. The second-order valence-corrected chi connectivity index (χ2v) is 6.48. The van der Waals surface area contributed by atoms with Crippen molar-refractivity contribution < 1.29 is 20.4 Å². The number of unbranched alkanes of at least 4 members (excludes halogenated alkanes) is 8. The molecule has 0 radical (unpaired) electrons. The van der Waals surface area contributed by atoms with Crippen LogP contribution in [0.1, 0.15) is 89.9 Å². The van der Waals surface area contributed by atoms with Gasteiger partial charge in [-0.1, -0.05) is 64.2 Å². The lowest BCUT2D eigenvalue weighted by Crippen LogP contribution is -2.04. The van der Waals surface area contributed by atoms with E-state index in [4.69, 9.17) is 20.4 Å². The first-order valence-electron chi connectivity index (χ1n) is 9.28. The molecular formula is C18H38O4. The van der Waals surface area contributed by atoms with Crippen molar-refractivity contribution in [2.75, 3.05) is 13.2 Å². The lowest BCUT2D eigenvalue weighted by molar-refractivity contribution is -0.0466. The van der Waals surface area contributed by atoms with Crippen LogP contribution in [0.3, 0.4) is 0 Å². The second-order valence-electron chi connectivity index (χ2n) is 6.48. The van der Waals surface area contributed by atoms with Gasteiger partial charge in [0.25, 0.3) is 0 Å². The predicted octanol–water partition coefficient (Wildman–Crippen LogP) is 3.36. The van der Waals surface area contributed by atoms with Gasteiger partial charge in [0.2, 0.25) is 0 Å². The first-order chi connectivity index (χ1) is 10.7. The Hall–Kier alpha value is -0.160. The molecule has 0 heterocycles. The van der Waals surface area contributed by atoms with Crippen LogP contribution in [0.5, 0.6) is 0 Å². The molecule has 4 nitrogen and oxygen atoms in total. The average molecular weight is 318 g/mol. The molecule has 0 aliphatic carbocycles. The van der Waals surface area contributed by atoms with E-state index < -0.39 is 6.29 Å². The molecule has 0 saturated heterocycles. The lowest BCUT2D eigenvalue weighted by Gasteiger charge is -2.15. The van der Waals surface area contributed by atoms with Gasteiger partial charge in [-0.05, 0) is 31.6 Å². The van der Waals surface area contributed by atoms with Crippen LogP contribution in [0.4, 0.5) is 0 Å². The van der Waals surface area contributed by atoms with Crippen molar-refractivity contribution in [1.82, 2.24) is 0 Å². The molecule has 1 unspecified atom stereocenters. The van der Waals surface area contributed by atoms with Gasteiger partial charge >= 0.3 is 0 Å². The molecule has 0 fully saturated rings. The molecule has 1 atom stereocenters. The van der Waals surface area contributed by atoms with Crippen LogP contribution in [-0.2, 0) is 0 Å². The van der Waals surface area contributed by atoms with Gasteiger partial charge in [0.05, 0.1) is 0 Å². The maximum Gasteiger partial charge on any atom is 0.151 e. The highest BCUT2D eigenvalue weighted by Crippen LogP contribution is 2.21. The molecule has 134 valence electrons. The first-order valence-corrected chi connectivity index (χ1v) is 9.28. The van der Waals surface area contributed by atoms with E-state index in [1.54, 1.807) is 0 Å². The van der Waals surface area contributed by atoms with E-state index in [2.05, 4.69) is 0 Å². The Balaban J connectivity index is 3.47. The van der Waals surface area contributed by atoms with Gasteiger partial charge in [0, 0.05) is 13.2 Å². The molecule has 0 aliphatic heterocycles. The molecule has 0 amide bonds. The fourth-order valence-corrected chi connectivity index (χ4v) is 2.98. The van der Waals surface area contributed by atoms with Crippen molar-refractivity contribution in [3.8, 4) is 0 Å². The van der Waals surface area contributed by atoms with Gasteiger partial charge in [-0.2, -0.15) is 0 Å². The number of hydrogen-bond acceptors (Lipinski definition) is 4. The van der Waals surface area contributed by atoms with E-state index in [0.29, 0.717) is 25.6 Å². The predicted molar refractivity (Wildman–Crippen MR) is 90.5 cm³/mol. The third-order valence-electron chi connectivity index (χ3n) is 4.38. The summed E-state index contributed by atoms with van der Waals surface area (Å²) in [5.41, 5.74) is 0. The Labute approximate surface area is 136 Å². The largest absolute Gasteiger partial charge is 0.396 e. The van der Waals surface area contributed by atoms with E-state index in [0.717, 1.165) is 32.1 Å². The van der Waals surface area contributed by atoms with Crippen LogP contribution < -0.4 is 0 Å². The normalized spacial score (nSPS) is 13.0.